The molecule has 2 aromatic heterocycles. The highest BCUT2D eigenvalue weighted by Crippen LogP contribution is 2.22. The SMILES string of the molecule is CN=C(NCCn1c(C)nc2ccccc21)N1CCN(c2cccs2)CC1.I. The van der Waals surface area contributed by atoms with Crippen molar-refractivity contribution in [3.05, 3.63) is 47.6 Å². The van der Waals surface area contributed by atoms with Gasteiger partial charge in [0.25, 0.3) is 0 Å². The maximum absolute atomic E-state index is 4.64. The predicted octanol–water partition coefficient (Wildman–Crippen LogP) is 3.42. The second kappa shape index (κ2) is 9.60. The summed E-state index contributed by atoms with van der Waals surface area (Å²) in [5, 5.41) is 7.03. The summed E-state index contributed by atoms with van der Waals surface area (Å²) >= 11 is 1.81. The normalized spacial score (nSPS) is 15.0. The molecule has 150 valence electrons. The summed E-state index contributed by atoms with van der Waals surface area (Å²) in [5.41, 5.74) is 2.25. The van der Waals surface area contributed by atoms with Crippen molar-refractivity contribution in [3.8, 4) is 0 Å². The summed E-state index contributed by atoms with van der Waals surface area (Å²) in [6.07, 6.45) is 0. The van der Waals surface area contributed by atoms with Crippen LogP contribution in [-0.2, 0) is 6.54 Å². The molecule has 1 aliphatic rings. The van der Waals surface area contributed by atoms with Crippen molar-refractivity contribution in [1.82, 2.24) is 19.8 Å². The van der Waals surface area contributed by atoms with Gasteiger partial charge in [-0.15, -0.1) is 35.3 Å². The molecule has 0 atom stereocenters. The third kappa shape index (κ3) is 4.43. The zero-order valence-corrected chi connectivity index (χ0v) is 19.5. The number of hydrogen-bond acceptors (Lipinski definition) is 4. The Balaban J connectivity index is 0.00000225. The molecule has 0 saturated carbocycles. The van der Waals surface area contributed by atoms with Crippen LogP contribution >= 0.6 is 35.3 Å². The van der Waals surface area contributed by atoms with Crippen molar-refractivity contribution in [2.45, 2.75) is 13.5 Å². The number of anilines is 1. The van der Waals surface area contributed by atoms with Gasteiger partial charge >= 0.3 is 0 Å². The first-order valence-corrected chi connectivity index (χ1v) is 10.3. The van der Waals surface area contributed by atoms with E-state index in [1.165, 1.54) is 10.5 Å². The molecular weight excluding hydrogens is 483 g/mol. The number of aryl methyl sites for hydroxylation is 1. The summed E-state index contributed by atoms with van der Waals surface area (Å²) in [5.74, 6) is 2.04. The predicted molar refractivity (Wildman–Crippen MR) is 129 cm³/mol. The van der Waals surface area contributed by atoms with Crippen molar-refractivity contribution in [1.29, 1.82) is 0 Å². The van der Waals surface area contributed by atoms with Crippen molar-refractivity contribution >= 4 is 57.3 Å². The molecule has 0 amide bonds. The number of fused-ring (bicyclic) bond motifs is 1. The van der Waals surface area contributed by atoms with E-state index < -0.39 is 0 Å². The number of aromatic nitrogens is 2. The number of guanidine groups is 1. The third-order valence-corrected chi connectivity index (χ3v) is 6.00. The highest BCUT2D eigenvalue weighted by atomic mass is 127. The van der Waals surface area contributed by atoms with Crippen LogP contribution in [0, 0.1) is 6.92 Å². The number of hydrogen-bond donors (Lipinski definition) is 1. The molecule has 0 spiro atoms. The molecule has 8 heteroatoms. The first kappa shape index (κ1) is 20.9. The maximum atomic E-state index is 4.64. The van der Waals surface area contributed by atoms with Gasteiger partial charge in [0.2, 0.25) is 0 Å². The largest absolute Gasteiger partial charge is 0.360 e. The first-order valence-electron chi connectivity index (χ1n) is 9.42. The van der Waals surface area contributed by atoms with Crippen LogP contribution in [-0.4, -0.2) is 60.2 Å². The van der Waals surface area contributed by atoms with Crippen LogP contribution in [0.1, 0.15) is 5.82 Å². The minimum Gasteiger partial charge on any atom is -0.360 e. The average Bonchev–Trinajstić information content (AvgIpc) is 3.34. The topological polar surface area (TPSA) is 48.7 Å². The minimum atomic E-state index is 0. The van der Waals surface area contributed by atoms with Gasteiger partial charge in [-0.1, -0.05) is 12.1 Å². The molecule has 0 radical (unpaired) electrons. The van der Waals surface area contributed by atoms with Crippen molar-refractivity contribution in [2.24, 2.45) is 4.99 Å². The fraction of sp³-hybridized carbons (Fsp3) is 0.400. The first-order chi connectivity index (χ1) is 13.3. The lowest BCUT2D eigenvalue weighted by Gasteiger charge is -2.37. The number of para-hydroxylation sites is 2. The molecule has 1 N–H and O–H groups in total. The Hall–Kier alpha value is -1.81. The highest BCUT2D eigenvalue weighted by Gasteiger charge is 2.20. The monoisotopic (exact) mass is 510 g/mol. The van der Waals surface area contributed by atoms with E-state index in [-0.39, 0.29) is 24.0 Å². The van der Waals surface area contributed by atoms with E-state index in [1.807, 2.05) is 24.5 Å². The van der Waals surface area contributed by atoms with Crippen LogP contribution in [0.15, 0.2) is 46.8 Å². The van der Waals surface area contributed by atoms with Gasteiger partial charge in [-0.2, -0.15) is 0 Å². The quantitative estimate of drug-likeness (QED) is 0.332. The van der Waals surface area contributed by atoms with Crippen LogP contribution in [0.2, 0.25) is 0 Å². The Morgan fingerprint density at radius 2 is 1.93 bits per heavy atom. The van der Waals surface area contributed by atoms with Gasteiger partial charge in [0.15, 0.2) is 5.96 Å². The van der Waals surface area contributed by atoms with Crippen LogP contribution in [0.25, 0.3) is 11.0 Å². The number of piperazine rings is 1. The van der Waals surface area contributed by atoms with E-state index >= 15 is 0 Å². The second-order valence-electron chi connectivity index (χ2n) is 6.70. The molecule has 6 nitrogen and oxygen atoms in total. The highest BCUT2D eigenvalue weighted by molar-refractivity contribution is 14.0. The number of benzene rings is 1. The van der Waals surface area contributed by atoms with Gasteiger partial charge < -0.3 is 19.7 Å². The summed E-state index contributed by atoms with van der Waals surface area (Å²) in [7, 11) is 1.87. The molecule has 1 saturated heterocycles. The van der Waals surface area contributed by atoms with Gasteiger partial charge in [0, 0.05) is 46.3 Å². The van der Waals surface area contributed by atoms with Crippen LogP contribution in [0.3, 0.4) is 0 Å². The number of nitrogens with one attached hydrogen (secondary N) is 1. The summed E-state index contributed by atoms with van der Waals surface area (Å²) in [4.78, 5) is 13.9. The smallest absolute Gasteiger partial charge is 0.193 e. The van der Waals surface area contributed by atoms with E-state index in [2.05, 4.69) is 72.3 Å². The molecule has 1 aromatic carbocycles. The Labute approximate surface area is 187 Å². The van der Waals surface area contributed by atoms with Gasteiger partial charge in [-0.05, 0) is 36.6 Å². The summed E-state index contributed by atoms with van der Waals surface area (Å²) in [6.45, 7) is 7.83. The van der Waals surface area contributed by atoms with Crippen LogP contribution < -0.4 is 10.2 Å². The van der Waals surface area contributed by atoms with E-state index in [0.717, 1.165) is 56.6 Å². The lowest BCUT2D eigenvalue weighted by Crippen LogP contribution is -2.52. The van der Waals surface area contributed by atoms with Gasteiger partial charge in [0.1, 0.15) is 5.82 Å². The molecule has 0 unspecified atom stereocenters. The number of rotatable bonds is 4. The van der Waals surface area contributed by atoms with E-state index in [4.69, 9.17) is 0 Å². The molecule has 3 aromatic rings. The number of thiophene rings is 1. The zero-order valence-electron chi connectivity index (χ0n) is 16.3. The molecule has 1 aliphatic heterocycles. The standard InChI is InChI=1S/C20H26N6S.HI/c1-16-23-17-6-3-4-7-18(17)26(16)10-9-22-20(21-2)25-13-11-24(12-14-25)19-8-5-15-27-19;/h3-8,15H,9-14H2,1-2H3,(H,21,22);1H. The van der Waals surface area contributed by atoms with E-state index in [1.54, 1.807) is 0 Å². The average molecular weight is 510 g/mol. The van der Waals surface area contributed by atoms with Crippen molar-refractivity contribution < 1.29 is 0 Å². The fourth-order valence-corrected chi connectivity index (χ4v) is 4.46. The number of halogens is 1. The van der Waals surface area contributed by atoms with Crippen molar-refractivity contribution in [2.75, 3.05) is 44.7 Å². The van der Waals surface area contributed by atoms with Crippen LogP contribution in [0.5, 0.6) is 0 Å². The van der Waals surface area contributed by atoms with Crippen molar-refractivity contribution in [3.63, 3.8) is 0 Å². The number of nitrogens with zero attached hydrogens (tertiary/aromatic N) is 5. The minimum absolute atomic E-state index is 0. The van der Waals surface area contributed by atoms with Crippen LogP contribution in [0.4, 0.5) is 5.00 Å². The summed E-state index contributed by atoms with van der Waals surface area (Å²) in [6, 6.07) is 12.6. The molecular formula is C20H27IN6S. The third-order valence-electron chi connectivity index (χ3n) is 5.07. The lowest BCUT2D eigenvalue weighted by molar-refractivity contribution is 0.372. The maximum Gasteiger partial charge on any atom is 0.193 e. The van der Waals surface area contributed by atoms with E-state index in [0.29, 0.717) is 0 Å². The lowest BCUT2D eigenvalue weighted by atomic mass is 10.3. The Morgan fingerprint density at radius 1 is 1.14 bits per heavy atom. The molecule has 0 aliphatic carbocycles. The van der Waals surface area contributed by atoms with Gasteiger partial charge in [-0.3, -0.25) is 4.99 Å². The Morgan fingerprint density at radius 3 is 2.64 bits per heavy atom. The van der Waals surface area contributed by atoms with Gasteiger partial charge in [-0.25, -0.2) is 4.98 Å². The molecule has 4 rings (SSSR count). The summed E-state index contributed by atoms with van der Waals surface area (Å²) < 4.78 is 2.27. The molecule has 0 bridgehead atoms. The second-order valence-corrected chi connectivity index (χ2v) is 7.62. The molecule has 28 heavy (non-hydrogen) atoms. The number of aliphatic imine (C=N–C) groups is 1. The Kier molecular flexibility index (Phi) is 7.17. The van der Waals surface area contributed by atoms with E-state index in [9.17, 15) is 0 Å². The molecule has 1 fully saturated rings. The molecule has 3 heterocycles. The number of imidazole rings is 1. The fourth-order valence-electron chi connectivity index (χ4n) is 3.68. The van der Waals surface area contributed by atoms with Gasteiger partial charge in [0.05, 0.1) is 16.0 Å². The zero-order chi connectivity index (χ0) is 18.6. The Bertz CT molecular complexity index is 912.